The van der Waals surface area contributed by atoms with Crippen molar-refractivity contribution in [3.8, 4) is 11.1 Å². The Hall–Kier alpha value is -3.72. The summed E-state index contributed by atoms with van der Waals surface area (Å²) in [5.41, 5.74) is 0.387. The highest BCUT2D eigenvalue weighted by Crippen LogP contribution is 2.26. The summed E-state index contributed by atoms with van der Waals surface area (Å²) >= 11 is 0. The maximum Gasteiger partial charge on any atom is 0.416 e. The number of halogens is 1. The van der Waals surface area contributed by atoms with Crippen LogP contribution in [0.25, 0.3) is 11.1 Å². The van der Waals surface area contributed by atoms with Crippen LogP contribution in [0.3, 0.4) is 0 Å². The molecule has 3 rings (SSSR count). The molecular formula is C23H23FN2O6. The van der Waals surface area contributed by atoms with Crippen molar-refractivity contribution in [2.75, 3.05) is 6.61 Å². The van der Waals surface area contributed by atoms with Crippen LogP contribution >= 0.6 is 0 Å². The van der Waals surface area contributed by atoms with Gasteiger partial charge >= 0.3 is 11.7 Å². The Labute approximate surface area is 182 Å². The van der Waals surface area contributed by atoms with Gasteiger partial charge in [-0.15, -0.1) is 0 Å². The first-order valence-electron chi connectivity index (χ1n) is 9.89. The van der Waals surface area contributed by atoms with Gasteiger partial charge in [0.05, 0.1) is 18.2 Å². The fourth-order valence-electron chi connectivity index (χ4n) is 3.39. The summed E-state index contributed by atoms with van der Waals surface area (Å²) < 4.78 is 18.8. The highest BCUT2D eigenvalue weighted by atomic mass is 19.1. The second kappa shape index (κ2) is 9.61. The predicted molar refractivity (Wildman–Crippen MR) is 114 cm³/mol. The lowest BCUT2D eigenvalue weighted by atomic mass is 9.82. The molecule has 2 aromatic carbocycles. The third kappa shape index (κ3) is 5.30. The van der Waals surface area contributed by atoms with Crippen LogP contribution in [0, 0.1) is 11.2 Å². The van der Waals surface area contributed by atoms with Gasteiger partial charge in [0.2, 0.25) is 5.76 Å². The van der Waals surface area contributed by atoms with Gasteiger partial charge in [-0.2, -0.15) is 0 Å². The van der Waals surface area contributed by atoms with Crippen molar-refractivity contribution in [2.24, 2.45) is 5.41 Å². The van der Waals surface area contributed by atoms with E-state index in [1.54, 1.807) is 42.5 Å². The molecule has 0 spiro atoms. The van der Waals surface area contributed by atoms with Gasteiger partial charge in [-0.3, -0.25) is 14.6 Å². The Bertz CT molecular complexity index is 1150. The van der Waals surface area contributed by atoms with E-state index < -0.39 is 35.7 Å². The molecule has 0 aliphatic heterocycles. The number of nitrogens with one attached hydrogen (secondary N) is 2. The monoisotopic (exact) mass is 442 g/mol. The van der Waals surface area contributed by atoms with E-state index in [1.165, 1.54) is 13.0 Å². The van der Waals surface area contributed by atoms with E-state index in [1.807, 2.05) is 0 Å². The van der Waals surface area contributed by atoms with Crippen molar-refractivity contribution in [2.45, 2.75) is 25.8 Å². The summed E-state index contributed by atoms with van der Waals surface area (Å²) in [4.78, 5) is 37.5. The number of aromatic amines is 1. The maximum atomic E-state index is 14.0. The Balaban J connectivity index is 1.82. The van der Waals surface area contributed by atoms with Gasteiger partial charge < -0.3 is 19.9 Å². The standard InChI is InChI=1S/C23H23FN2O6/c1-23(13-27,21(29)30)11-16(26-20(28)19-12-25-22(31)32-19)10-14-6-8-15(9-7-14)17-4-2-3-5-18(17)24/h2-9,12,16,27H,10-11,13H2,1H3,(H,25,31)(H,26,28)(H,29,30)/t16-,23+/m1/s1. The van der Waals surface area contributed by atoms with Gasteiger partial charge in [-0.1, -0.05) is 42.5 Å². The van der Waals surface area contributed by atoms with E-state index in [0.717, 1.165) is 11.8 Å². The second-order valence-corrected chi connectivity index (χ2v) is 7.82. The molecule has 0 radical (unpaired) electrons. The third-order valence-electron chi connectivity index (χ3n) is 5.27. The van der Waals surface area contributed by atoms with Crippen LogP contribution in [0.5, 0.6) is 0 Å². The SMILES string of the molecule is C[C@@](CO)(C[C@@H](Cc1ccc(-c2ccccc2F)cc1)NC(=O)c1c[nH]c(=O)o1)C(=O)O. The minimum atomic E-state index is -1.50. The lowest BCUT2D eigenvalue weighted by Gasteiger charge is -2.28. The van der Waals surface area contributed by atoms with Crippen LogP contribution in [0.1, 0.15) is 29.5 Å². The number of rotatable bonds is 9. The molecule has 168 valence electrons. The molecule has 8 nitrogen and oxygen atoms in total. The molecule has 32 heavy (non-hydrogen) atoms. The fourth-order valence-corrected chi connectivity index (χ4v) is 3.39. The average molecular weight is 442 g/mol. The number of hydrogen-bond donors (Lipinski definition) is 4. The van der Waals surface area contributed by atoms with Crippen LogP contribution in [-0.2, 0) is 11.2 Å². The summed E-state index contributed by atoms with van der Waals surface area (Å²) in [7, 11) is 0. The number of aliphatic hydroxyl groups is 1. The summed E-state index contributed by atoms with van der Waals surface area (Å²) in [6.45, 7) is 0.756. The van der Waals surface area contributed by atoms with Crippen LogP contribution in [0.4, 0.5) is 4.39 Å². The number of amides is 1. The zero-order valence-corrected chi connectivity index (χ0v) is 17.3. The van der Waals surface area contributed by atoms with E-state index in [0.29, 0.717) is 11.1 Å². The lowest BCUT2D eigenvalue weighted by molar-refractivity contribution is -0.151. The van der Waals surface area contributed by atoms with Gasteiger partial charge in [0.15, 0.2) is 0 Å². The van der Waals surface area contributed by atoms with Crippen molar-refractivity contribution in [3.05, 3.63) is 82.4 Å². The average Bonchev–Trinajstić information content (AvgIpc) is 3.21. The summed E-state index contributed by atoms with van der Waals surface area (Å²) in [5, 5.41) is 21.8. The number of aromatic nitrogens is 1. The molecule has 0 aliphatic rings. The zero-order chi connectivity index (χ0) is 23.3. The van der Waals surface area contributed by atoms with E-state index >= 15 is 0 Å². The molecule has 2 atom stereocenters. The number of aliphatic carboxylic acids is 1. The van der Waals surface area contributed by atoms with E-state index in [4.69, 9.17) is 4.42 Å². The fraction of sp³-hybridized carbons (Fsp3) is 0.261. The normalized spacial score (nSPS) is 13.8. The molecule has 3 aromatic rings. The van der Waals surface area contributed by atoms with Gasteiger partial charge in [-0.05, 0) is 37.0 Å². The first kappa shape index (κ1) is 23.0. The summed E-state index contributed by atoms with van der Waals surface area (Å²) in [5.74, 6) is -3.28. The highest BCUT2D eigenvalue weighted by Gasteiger charge is 2.36. The molecule has 0 fully saturated rings. The number of carbonyl (C=O) groups excluding carboxylic acids is 1. The molecule has 9 heteroatoms. The van der Waals surface area contributed by atoms with Crippen molar-refractivity contribution >= 4 is 11.9 Å². The number of hydrogen-bond acceptors (Lipinski definition) is 5. The molecule has 0 aliphatic carbocycles. The lowest BCUT2D eigenvalue weighted by Crippen LogP contribution is -2.44. The van der Waals surface area contributed by atoms with Crippen molar-refractivity contribution in [1.82, 2.24) is 10.3 Å². The first-order valence-corrected chi connectivity index (χ1v) is 9.89. The molecule has 0 saturated heterocycles. The largest absolute Gasteiger partial charge is 0.481 e. The van der Waals surface area contributed by atoms with E-state index in [-0.39, 0.29) is 24.4 Å². The molecule has 4 N–H and O–H groups in total. The Morgan fingerprint density at radius 3 is 2.44 bits per heavy atom. The highest BCUT2D eigenvalue weighted by molar-refractivity contribution is 5.91. The maximum absolute atomic E-state index is 14.0. The number of H-pyrrole nitrogens is 1. The molecule has 1 heterocycles. The van der Waals surface area contributed by atoms with Crippen LogP contribution in [0.15, 0.2) is 63.9 Å². The van der Waals surface area contributed by atoms with Crippen molar-refractivity contribution in [3.63, 3.8) is 0 Å². The number of carboxylic acid groups (broad SMARTS) is 1. The van der Waals surface area contributed by atoms with Crippen LogP contribution in [0.2, 0.25) is 0 Å². The minimum Gasteiger partial charge on any atom is -0.481 e. The quantitative estimate of drug-likeness (QED) is 0.403. The van der Waals surface area contributed by atoms with Gasteiger partial charge in [-0.25, -0.2) is 9.18 Å². The van der Waals surface area contributed by atoms with Crippen molar-refractivity contribution in [1.29, 1.82) is 0 Å². The smallest absolute Gasteiger partial charge is 0.416 e. The molecule has 0 unspecified atom stereocenters. The molecule has 0 bridgehead atoms. The third-order valence-corrected chi connectivity index (χ3v) is 5.27. The van der Waals surface area contributed by atoms with Crippen molar-refractivity contribution < 1.29 is 28.6 Å². The Morgan fingerprint density at radius 1 is 1.19 bits per heavy atom. The Morgan fingerprint density at radius 2 is 1.88 bits per heavy atom. The number of aliphatic hydroxyl groups excluding tert-OH is 1. The molecule has 1 amide bonds. The predicted octanol–water partition coefficient (Wildman–Crippen LogP) is 2.59. The Kier molecular flexibility index (Phi) is 6.89. The van der Waals surface area contributed by atoms with Gasteiger partial charge in [0.25, 0.3) is 5.91 Å². The van der Waals surface area contributed by atoms with Crippen LogP contribution < -0.4 is 11.1 Å². The van der Waals surface area contributed by atoms with Crippen LogP contribution in [-0.4, -0.2) is 39.7 Å². The minimum absolute atomic E-state index is 0.0751. The number of carboxylic acids is 1. The van der Waals surface area contributed by atoms with Gasteiger partial charge in [0.1, 0.15) is 5.82 Å². The summed E-state index contributed by atoms with van der Waals surface area (Å²) in [6, 6.07) is 12.7. The molecule has 0 saturated carbocycles. The zero-order valence-electron chi connectivity index (χ0n) is 17.3. The number of oxazole rings is 1. The molecular weight excluding hydrogens is 419 g/mol. The second-order valence-electron chi connectivity index (χ2n) is 7.82. The molecule has 1 aromatic heterocycles. The van der Waals surface area contributed by atoms with E-state index in [2.05, 4.69) is 10.3 Å². The first-order chi connectivity index (χ1) is 15.2. The number of carbonyl (C=O) groups is 2. The number of benzene rings is 2. The summed E-state index contributed by atoms with van der Waals surface area (Å²) in [6.07, 6.45) is 1.27. The van der Waals surface area contributed by atoms with E-state index in [9.17, 15) is 29.0 Å². The topological polar surface area (TPSA) is 133 Å². The van der Waals surface area contributed by atoms with Gasteiger partial charge in [0, 0.05) is 11.6 Å².